The van der Waals surface area contributed by atoms with Gasteiger partial charge in [-0.05, 0) is 30.2 Å². The first-order valence-corrected chi connectivity index (χ1v) is 8.16. The lowest BCUT2D eigenvalue weighted by Crippen LogP contribution is -2.48. The molecule has 0 aromatic carbocycles. The van der Waals surface area contributed by atoms with Crippen molar-refractivity contribution in [1.29, 1.82) is 0 Å². The molecule has 2 N–H and O–H groups in total. The highest BCUT2D eigenvalue weighted by Crippen LogP contribution is 2.29. The zero-order valence-electron chi connectivity index (χ0n) is 12.4. The van der Waals surface area contributed by atoms with E-state index < -0.39 is 5.97 Å². The predicted octanol–water partition coefficient (Wildman–Crippen LogP) is 2.92. The zero-order valence-corrected chi connectivity index (χ0v) is 13.2. The van der Waals surface area contributed by atoms with Crippen LogP contribution in [0.2, 0.25) is 0 Å². The molecule has 1 aliphatic carbocycles. The van der Waals surface area contributed by atoms with E-state index in [4.69, 9.17) is 5.11 Å². The Morgan fingerprint density at radius 1 is 1.48 bits per heavy atom. The van der Waals surface area contributed by atoms with Crippen LogP contribution < -0.4 is 5.32 Å². The van der Waals surface area contributed by atoms with Gasteiger partial charge in [0.1, 0.15) is 0 Å². The van der Waals surface area contributed by atoms with Crippen LogP contribution in [0, 0.1) is 5.92 Å². The summed E-state index contributed by atoms with van der Waals surface area (Å²) in [7, 11) is 0. The fourth-order valence-electron chi connectivity index (χ4n) is 2.21. The second kappa shape index (κ2) is 6.93. The minimum Gasteiger partial charge on any atom is -0.481 e. The second-order valence-corrected chi connectivity index (χ2v) is 6.87. The molecule has 0 saturated heterocycles. The summed E-state index contributed by atoms with van der Waals surface area (Å²) in [5, 5.41) is 13.8. The Morgan fingerprint density at radius 3 is 2.67 bits per heavy atom. The minimum atomic E-state index is -0.884. The summed E-state index contributed by atoms with van der Waals surface area (Å²) in [6.07, 6.45) is 2.02. The summed E-state index contributed by atoms with van der Waals surface area (Å²) < 4.78 is 0. The molecule has 1 aromatic heterocycles. The van der Waals surface area contributed by atoms with Gasteiger partial charge in [-0.3, -0.25) is 4.79 Å². The fourth-order valence-corrected chi connectivity index (χ4v) is 2.91. The van der Waals surface area contributed by atoms with Crippen molar-refractivity contribution >= 4 is 23.3 Å². The van der Waals surface area contributed by atoms with Crippen molar-refractivity contribution in [3.8, 4) is 0 Å². The van der Waals surface area contributed by atoms with Crippen LogP contribution in [-0.2, 0) is 11.3 Å². The molecule has 1 heterocycles. The Bertz CT molecular complexity index is 483. The van der Waals surface area contributed by atoms with E-state index in [1.54, 1.807) is 11.3 Å². The number of carboxylic acid groups (broad SMARTS) is 1. The van der Waals surface area contributed by atoms with Gasteiger partial charge in [0.15, 0.2) is 0 Å². The van der Waals surface area contributed by atoms with Gasteiger partial charge >= 0.3 is 12.0 Å². The second-order valence-electron chi connectivity index (χ2n) is 5.84. The summed E-state index contributed by atoms with van der Waals surface area (Å²) in [6.45, 7) is 4.45. The molecular weight excluding hydrogens is 288 g/mol. The van der Waals surface area contributed by atoms with Gasteiger partial charge in [0.05, 0.1) is 13.0 Å². The largest absolute Gasteiger partial charge is 0.481 e. The van der Waals surface area contributed by atoms with E-state index in [0.717, 1.165) is 17.7 Å². The molecule has 1 aliphatic rings. The molecule has 1 fully saturated rings. The highest BCUT2D eigenvalue weighted by molar-refractivity contribution is 7.09. The third kappa shape index (κ3) is 4.74. The number of nitrogens with zero attached hydrogens (tertiary/aromatic N) is 1. The maximum atomic E-state index is 12.5. The summed E-state index contributed by atoms with van der Waals surface area (Å²) >= 11 is 1.63. The van der Waals surface area contributed by atoms with E-state index in [-0.39, 0.29) is 24.4 Å². The van der Waals surface area contributed by atoms with Crippen LogP contribution in [0.25, 0.3) is 0 Å². The Hall–Kier alpha value is -1.56. The van der Waals surface area contributed by atoms with Crippen LogP contribution in [0.3, 0.4) is 0 Å². The molecule has 0 bridgehead atoms. The lowest BCUT2D eigenvalue weighted by molar-refractivity contribution is -0.137. The molecule has 2 rings (SSSR count). The first kappa shape index (κ1) is 15.8. The van der Waals surface area contributed by atoms with Gasteiger partial charge in [-0.1, -0.05) is 19.9 Å². The van der Waals surface area contributed by atoms with Crippen molar-refractivity contribution < 1.29 is 14.7 Å². The number of carboxylic acids is 1. The predicted molar refractivity (Wildman–Crippen MR) is 82.3 cm³/mol. The molecule has 116 valence electrons. The van der Waals surface area contributed by atoms with Gasteiger partial charge in [-0.25, -0.2) is 4.79 Å². The number of carbonyl (C=O) groups is 2. The molecule has 1 saturated carbocycles. The SMILES string of the molecule is CC(C)C(CC(=O)O)NC(=O)N(Cc1cccs1)C1CC1. The van der Waals surface area contributed by atoms with E-state index >= 15 is 0 Å². The highest BCUT2D eigenvalue weighted by atomic mass is 32.1. The third-order valence-corrected chi connectivity index (χ3v) is 4.52. The average Bonchev–Trinajstić information content (AvgIpc) is 3.11. The van der Waals surface area contributed by atoms with E-state index in [0.29, 0.717) is 12.6 Å². The molecule has 21 heavy (non-hydrogen) atoms. The van der Waals surface area contributed by atoms with Crippen molar-refractivity contribution in [3.63, 3.8) is 0 Å². The average molecular weight is 310 g/mol. The van der Waals surface area contributed by atoms with Crippen molar-refractivity contribution in [2.24, 2.45) is 5.92 Å². The molecule has 1 atom stereocenters. The highest BCUT2D eigenvalue weighted by Gasteiger charge is 2.34. The molecule has 2 amide bonds. The van der Waals surface area contributed by atoms with Gasteiger partial charge in [0.25, 0.3) is 0 Å². The number of hydrogen-bond donors (Lipinski definition) is 2. The van der Waals surface area contributed by atoms with Crippen molar-refractivity contribution in [2.45, 2.75) is 51.7 Å². The molecule has 0 spiro atoms. The number of rotatable bonds is 7. The normalized spacial score (nSPS) is 15.8. The van der Waals surface area contributed by atoms with Gasteiger partial charge in [0.2, 0.25) is 0 Å². The Morgan fingerprint density at radius 2 is 2.19 bits per heavy atom. The minimum absolute atomic E-state index is 0.0408. The molecule has 1 unspecified atom stereocenters. The van der Waals surface area contributed by atoms with Gasteiger partial charge in [0, 0.05) is 17.0 Å². The molecule has 0 radical (unpaired) electrons. The Balaban J connectivity index is 1.98. The number of amides is 2. The fraction of sp³-hybridized carbons (Fsp3) is 0.600. The van der Waals surface area contributed by atoms with Gasteiger partial charge in [-0.2, -0.15) is 0 Å². The summed E-state index contributed by atoms with van der Waals surface area (Å²) in [5.41, 5.74) is 0. The topological polar surface area (TPSA) is 69.6 Å². The number of hydrogen-bond acceptors (Lipinski definition) is 3. The van der Waals surface area contributed by atoms with E-state index in [1.165, 1.54) is 0 Å². The van der Waals surface area contributed by atoms with Crippen molar-refractivity contribution in [3.05, 3.63) is 22.4 Å². The van der Waals surface area contributed by atoms with Crippen LogP contribution in [0.5, 0.6) is 0 Å². The van der Waals surface area contributed by atoms with E-state index in [2.05, 4.69) is 5.32 Å². The summed E-state index contributed by atoms with van der Waals surface area (Å²) in [4.78, 5) is 26.4. The van der Waals surface area contributed by atoms with Crippen LogP contribution in [0.15, 0.2) is 17.5 Å². The zero-order chi connectivity index (χ0) is 15.4. The molecular formula is C15H22N2O3S. The maximum Gasteiger partial charge on any atom is 0.318 e. The summed E-state index contributed by atoms with van der Waals surface area (Å²) in [5.74, 6) is -0.793. The van der Waals surface area contributed by atoms with Crippen LogP contribution >= 0.6 is 11.3 Å². The Labute approximate surface area is 129 Å². The first-order valence-electron chi connectivity index (χ1n) is 7.28. The van der Waals surface area contributed by atoms with Gasteiger partial charge in [-0.15, -0.1) is 11.3 Å². The van der Waals surface area contributed by atoms with Crippen molar-refractivity contribution in [2.75, 3.05) is 0 Å². The molecule has 6 heteroatoms. The van der Waals surface area contributed by atoms with E-state index in [1.807, 2.05) is 36.3 Å². The molecule has 5 nitrogen and oxygen atoms in total. The third-order valence-electron chi connectivity index (χ3n) is 3.66. The van der Waals surface area contributed by atoms with Gasteiger partial charge < -0.3 is 15.3 Å². The van der Waals surface area contributed by atoms with Crippen LogP contribution in [-0.4, -0.2) is 34.1 Å². The van der Waals surface area contributed by atoms with Crippen molar-refractivity contribution in [1.82, 2.24) is 10.2 Å². The number of aliphatic carboxylic acids is 1. The summed E-state index contributed by atoms with van der Waals surface area (Å²) in [6, 6.07) is 3.81. The van der Waals surface area contributed by atoms with Crippen LogP contribution in [0.4, 0.5) is 4.79 Å². The van der Waals surface area contributed by atoms with Crippen LogP contribution in [0.1, 0.15) is 38.0 Å². The Kier molecular flexibility index (Phi) is 5.22. The lowest BCUT2D eigenvalue weighted by atomic mass is 10.0. The lowest BCUT2D eigenvalue weighted by Gasteiger charge is -2.27. The molecule has 0 aliphatic heterocycles. The molecule has 1 aromatic rings. The smallest absolute Gasteiger partial charge is 0.318 e. The monoisotopic (exact) mass is 310 g/mol. The standard InChI is InChI=1S/C15H22N2O3S/c1-10(2)13(8-14(18)19)16-15(20)17(11-5-6-11)9-12-4-3-7-21-12/h3-4,7,10-11,13H,5-6,8-9H2,1-2H3,(H,16,20)(H,18,19). The number of nitrogens with one attached hydrogen (secondary N) is 1. The van der Waals surface area contributed by atoms with E-state index in [9.17, 15) is 9.59 Å². The quantitative estimate of drug-likeness (QED) is 0.813. The first-order chi connectivity index (χ1) is 9.97. The number of thiophene rings is 1. The number of carbonyl (C=O) groups excluding carboxylic acids is 1. The number of urea groups is 1. The maximum absolute atomic E-state index is 12.5.